The molecule has 3 aromatic rings. The molecule has 0 unspecified atom stereocenters. The van der Waals surface area contributed by atoms with Crippen molar-refractivity contribution < 1.29 is 9.59 Å². The van der Waals surface area contributed by atoms with E-state index in [4.69, 9.17) is 12.2 Å². The highest BCUT2D eigenvalue weighted by Crippen LogP contribution is 2.11. The van der Waals surface area contributed by atoms with Crippen LogP contribution in [0.5, 0.6) is 0 Å². The highest BCUT2D eigenvalue weighted by molar-refractivity contribution is 7.71. The van der Waals surface area contributed by atoms with E-state index in [-0.39, 0.29) is 11.1 Å². The van der Waals surface area contributed by atoms with Crippen LogP contribution in [0, 0.1) is 4.77 Å². The number of carbonyl (C=O) groups is 2. The quantitative estimate of drug-likeness (QED) is 0.488. The van der Waals surface area contributed by atoms with Gasteiger partial charge in [-0.25, -0.2) is 0 Å². The van der Waals surface area contributed by atoms with Crippen molar-refractivity contribution in [3.8, 4) is 0 Å². The Morgan fingerprint density at radius 3 is 2.35 bits per heavy atom. The maximum Gasteiger partial charge on any atom is 0.269 e. The molecule has 1 heterocycles. The highest BCUT2D eigenvalue weighted by atomic mass is 32.1. The molecule has 1 aromatic heterocycles. The van der Waals surface area contributed by atoms with Crippen LogP contribution in [0.15, 0.2) is 53.3 Å². The van der Waals surface area contributed by atoms with Crippen molar-refractivity contribution in [3.05, 3.63) is 74.8 Å². The first kappa shape index (κ1) is 17.6. The summed E-state index contributed by atoms with van der Waals surface area (Å²) in [6.45, 7) is 2.28. The number of aromatic nitrogens is 2. The van der Waals surface area contributed by atoms with Gasteiger partial charge in [0, 0.05) is 17.7 Å². The molecule has 3 rings (SSSR count). The minimum Gasteiger partial charge on any atom is -0.332 e. The van der Waals surface area contributed by atoms with Crippen molar-refractivity contribution in [2.75, 3.05) is 0 Å². The number of carbonyl (C=O) groups excluding carboxylic acids is 2. The Hall–Kier alpha value is -3.26. The van der Waals surface area contributed by atoms with Crippen LogP contribution < -0.4 is 16.4 Å². The van der Waals surface area contributed by atoms with Crippen molar-refractivity contribution >= 4 is 34.9 Å². The van der Waals surface area contributed by atoms with Gasteiger partial charge in [-0.3, -0.25) is 29.8 Å². The Bertz CT molecular complexity index is 1100. The van der Waals surface area contributed by atoms with Crippen molar-refractivity contribution in [1.29, 1.82) is 0 Å². The van der Waals surface area contributed by atoms with Crippen LogP contribution >= 0.6 is 12.2 Å². The predicted molar refractivity (Wildman–Crippen MR) is 100 cm³/mol. The third-order valence-electron chi connectivity index (χ3n) is 3.89. The molecule has 0 radical (unpaired) electrons. The second-order valence-electron chi connectivity index (χ2n) is 5.51. The molecule has 0 atom stereocenters. The van der Waals surface area contributed by atoms with Crippen LogP contribution in [0.2, 0.25) is 0 Å². The number of fused-ring (bicyclic) bond motifs is 1. The van der Waals surface area contributed by atoms with E-state index in [1.807, 2.05) is 6.92 Å². The summed E-state index contributed by atoms with van der Waals surface area (Å²) < 4.78 is 1.73. The van der Waals surface area contributed by atoms with E-state index < -0.39 is 11.8 Å². The molecule has 0 fully saturated rings. The number of hydrogen-bond acceptors (Lipinski definition) is 4. The van der Waals surface area contributed by atoms with Crippen LogP contribution in [0.25, 0.3) is 10.9 Å². The largest absolute Gasteiger partial charge is 0.332 e. The van der Waals surface area contributed by atoms with Crippen LogP contribution in [-0.4, -0.2) is 21.4 Å². The van der Waals surface area contributed by atoms with Gasteiger partial charge in [0.25, 0.3) is 17.4 Å². The number of nitrogens with zero attached hydrogens (tertiary/aromatic N) is 1. The van der Waals surface area contributed by atoms with E-state index in [2.05, 4.69) is 15.8 Å². The third kappa shape index (κ3) is 3.40. The highest BCUT2D eigenvalue weighted by Gasteiger charge is 2.11. The van der Waals surface area contributed by atoms with Gasteiger partial charge in [-0.1, -0.05) is 18.2 Å². The summed E-state index contributed by atoms with van der Waals surface area (Å²) >= 11 is 5.16. The fourth-order valence-corrected chi connectivity index (χ4v) is 2.85. The van der Waals surface area contributed by atoms with Crippen molar-refractivity contribution in [1.82, 2.24) is 20.4 Å². The van der Waals surface area contributed by atoms with E-state index in [0.29, 0.717) is 27.8 Å². The monoisotopic (exact) mass is 368 g/mol. The van der Waals surface area contributed by atoms with Crippen molar-refractivity contribution in [3.63, 3.8) is 0 Å². The molecule has 3 N–H and O–H groups in total. The summed E-state index contributed by atoms with van der Waals surface area (Å²) in [5.74, 6) is -0.930. The van der Waals surface area contributed by atoms with Crippen LogP contribution in [-0.2, 0) is 6.54 Å². The van der Waals surface area contributed by atoms with E-state index in [1.165, 1.54) is 16.7 Å². The average Bonchev–Trinajstić information content (AvgIpc) is 2.66. The van der Waals surface area contributed by atoms with Crippen LogP contribution in [0.3, 0.4) is 0 Å². The molecule has 0 aliphatic heterocycles. The zero-order chi connectivity index (χ0) is 18.7. The van der Waals surface area contributed by atoms with Crippen molar-refractivity contribution in [2.24, 2.45) is 0 Å². The second-order valence-corrected chi connectivity index (χ2v) is 5.90. The van der Waals surface area contributed by atoms with E-state index in [0.717, 1.165) is 0 Å². The molecule has 0 aliphatic rings. The molecule has 26 heavy (non-hydrogen) atoms. The molecule has 0 bridgehead atoms. The number of amides is 2. The smallest absolute Gasteiger partial charge is 0.269 e. The molecular formula is C18H16N4O3S. The summed E-state index contributed by atoms with van der Waals surface area (Å²) in [4.78, 5) is 39.5. The van der Waals surface area contributed by atoms with Gasteiger partial charge in [0.05, 0.1) is 10.9 Å². The SMILES string of the molecule is CCn1c(=S)[nH]c2cc(C(=O)NNC(=O)c3ccccc3)ccc2c1=O. The van der Waals surface area contributed by atoms with Gasteiger partial charge in [-0.15, -0.1) is 0 Å². The van der Waals surface area contributed by atoms with Gasteiger partial charge in [0.15, 0.2) is 4.77 Å². The minimum atomic E-state index is -0.504. The van der Waals surface area contributed by atoms with E-state index in [9.17, 15) is 14.4 Å². The zero-order valence-electron chi connectivity index (χ0n) is 13.9. The molecule has 0 spiro atoms. The lowest BCUT2D eigenvalue weighted by Gasteiger charge is -2.09. The number of aromatic amines is 1. The molecule has 0 saturated carbocycles. The predicted octanol–water partition coefficient (Wildman–Crippen LogP) is 2.15. The number of hydrazine groups is 1. The van der Waals surface area contributed by atoms with Gasteiger partial charge in [0.1, 0.15) is 0 Å². The summed E-state index contributed by atoms with van der Waals surface area (Å²) in [7, 11) is 0. The maximum atomic E-state index is 12.4. The number of rotatable bonds is 3. The topological polar surface area (TPSA) is 96.0 Å². The number of H-pyrrole nitrogens is 1. The fourth-order valence-electron chi connectivity index (χ4n) is 2.53. The lowest BCUT2D eigenvalue weighted by atomic mass is 10.1. The maximum absolute atomic E-state index is 12.4. The molecule has 8 heteroatoms. The number of nitrogens with one attached hydrogen (secondary N) is 3. The second kappa shape index (κ2) is 7.32. The molecule has 2 amide bonds. The minimum absolute atomic E-state index is 0.212. The zero-order valence-corrected chi connectivity index (χ0v) is 14.7. The first-order valence-electron chi connectivity index (χ1n) is 7.94. The summed E-state index contributed by atoms with van der Waals surface area (Å²) in [6, 6.07) is 13.1. The lowest BCUT2D eigenvalue weighted by molar-refractivity contribution is 0.0847. The Balaban J connectivity index is 1.82. The average molecular weight is 368 g/mol. The Kier molecular flexibility index (Phi) is 4.94. The van der Waals surface area contributed by atoms with Gasteiger partial charge in [-0.2, -0.15) is 0 Å². The Morgan fingerprint density at radius 2 is 1.69 bits per heavy atom. The normalized spacial score (nSPS) is 10.5. The van der Waals surface area contributed by atoms with Gasteiger partial charge in [0.2, 0.25) is 0 Å². The number of hydrogen-bond donors (Lipinski definition) is 3. The standard InChI is InChI=1S/C18H16N4O3S/c1-2-22-17(25)13-9-8-12(10-14(13)19-18(22)26)16(24)21-20-15(23)11-6-4-3-5-7-11/h3-10H,2H2,1H3,(H,19,26)(H,20,23)(H,21,24). The number of benzene rings is 2. The summed E-state index contributed by atoms with van der Waals surface area (Å²) in [5, 5.41) is 0.435. The molecule has 0 saturated heterocycles. The van der Waals surface area contributed by atoms with Crippen LogP contribution in [0.1, 0.15) is 27.6 Å². The third-order valence-corrected chi connectivity index (χ3v) is 4.21. The molecule has 132 valence electrons. The first-order chi connectivity index (χ1) is 12.5. The molecule has 0 aliphatic carbocycles. The van der Waals surface area contributed by atoms with E-state index in [1.54, 1.807) is 36.4 Å². The molecule has 2 aromatic carbocycles. The van der Waals surface area contributed by atoms with Gasteiger partial charge < -0.3 is 4.98 Å². The fraction of sp³-hybridized carbons (Fsp3) is 0.111. The Labute approximate surface area is 153 Å². The van der Waals surface area contributed by atoms with Crippen molar-refractivity contribution in [2.45, 2.75) is 13.5 Å². The van der Waals surface area contributed by atoms with Gasteiger partial charge >= 0.3 is 0 Å². The van der Waals surface area contributed by atoms with E-state index >= 15 is 0 Å². The van der Waals surface area contributed by atoms with Crippen LogP contribution in [0.4, 0.5) is 0 Å². The lowest BCUT2D eigenvalue weighted by Crippen LogP contribution is -2.41. The first-order valence-corrected chi connectivity index (χ1v) is 8.34. The molecular weight excluding hydrogens is 352 g/mol. The molecule has 7 nitrogen and oxygen atoms in total. The Morgan fingerprint density at radius 1 is 1.04 bits per heavy atom. The summed E-state index contributed by atoms with van der Waals surface area (Å²) in [6.07, 6.45) is 0. The summed E-state index contributed by atoms with van der Waals surface area (Å²) in [5.41, 5.74) is 5.66. The van der Waals surface area contributed by atoms with Gasteiger partial charge in [-0.05, 0) is 49.5 Å².